The van der Waals surface area contributed by atoms with Crippen LogP contribution in [0.3, 0.4) is 0 Å². The number of halogens is 1. The van der Waals surface area contributed by atoms with Crippen LogP contribution in [0.4, 0.5) is 0 Å². The van der Waals surface area contributed by atoms with Gasteiger partial charge in [0, 0.05) is 11.8 Å². The van der Waals surface area contributed by atoms with Gasteiger partial charge in [0.2, 0.25) is 0 Å². The molecule has 0 bridgehead atoms. The normalized spacial score (nSPS) is 10.4. The van der Waals surface area contributed by atoms with Gasteiger partial charge in [-0.2, -0.15) is 5.10 Å². The van der Waals surface area contributed by atoms with Gasteiger partial charge in [-0.15, -0.1) is 0 Å². The second-order valence-corrected chi connectivity index (χ2v) is 4.62. The van der Waals surface area contributed by atoms with Gasteiger partial charge in [-0.05, 0) is 24.3 Å². The highest BCUT2D eigenvalue weighted by Crippen LogP contribution is 2.14. The van der Waals surface area contributed by atoms with Crippen molar-refractivity contribution in [2.24, 2.45) is 0 Å². The molecule has 3 aromatic rings. The van der Waals surface area contributed by atoms with Crippen LogP contribution in [-0.2, 0) is 6.61 Å². The number of rotatable bonds is 4. The molecule has 0 unspecified atom stereocenters. The highest BCUT2D eigenvalue weighted by molar-refractivity contribution is 6.29. The lowest BCUT2D eigenvalue weighted by Gasteiger charge is -2.03. The summed E-state index contributed by atoms with van der Waals surface area (Å²) in [6.45, 7) is 0.441. The van der Waals surface area contributed by atoms with Crippen molar-refractivity contribution in [3.63, 3.8) is 0 Å². The Hall–Kier alpha value is -2.33. The number of nitrogens with zero attached hydrogens (tertiary/aromatic N) is 3. The summed E-state index contributed by atoms with van der Waals surface area (Å²) in [4.78, 5) is 3.96. The lowest BCUT2D eigenvalue weighted by Crippen LogP contribution is -1.95. The molecule has 4 nitrogen and oxygen atoms in total. The molecule has 0 aliphatic carbocycles. The zero-order valence-electron chi connectivity index (χ0n) is 10.6. The first-order chi connectivity index (χ1) is 9.81. The summed E-state index contributed by atoms with van der Waals surface area (Å²) in [7, 11) is 0. The summed E-state index contributed by atoms with van der Waals surface area (Å²) in [6, 6.07) is 13.4. The second-order valence-electron chi connectivity index (χ2n) is 4.23. The first-order valence-electron chi connectivity index (χ1n) is 6.14. The lowest BCUT2D eigenvalue weighted by atomic mass is 10.3. The third kappa shape index (κ3) is 2.97. The number of hydrogen-bond donors (Lipinski definition) is 0. The van der Waals surface area contributed by atoms with Crippen molar-refractivity contribution in [2.75, 3.05) is 0 Å². The molecule has 2 heterocycles. The molecule has 0 saturated carbocycles. The third-order valence-corrected chi connectivity index (χ3v) is 2.99. The Morgan fingerprint density at radius 1 is 1.05 bits per heavy atom. The fourth-order valence-corrected chi connectivity index (χ4v) is 1.88. The van der Waals surface area contributed by atoms with Gasteiger partial charge in [-0.3, -0.25) is 0 Å². The molecule has 100 valence electrons. The molecular formula is C15H12ClN3O. The number of pyridine rings is 1. The number of hydrogen-bond acceptors (Lipinski definition) is 3. The first kappa shape index (κ1) is 12.7. The zero-order valence-corrected chi connectivity index (χ0v) is 11.4. The molecule has 20 heavy (non-hydrogen) atoms. The Balaban J connectivity index is 1.67. The van der Waals surface area contributed by atoms with E-state index in [1.807, 2.05) is 41.2 Å². The molecule has 0 radical (unpaired) electrons. The number of para-hydroxylation sites is 1. The summed E-state index contributed by atoms with van der Waals surface area (Å²) in [6.07, 6.45) is 5.33. The van der Waals surface area contributed by atoms with Crippen LogP contribution in [0.15, 0.2) is 61.1 Å². The first-order valence-corrected chi connectivity index (χ1v) is 6.52. The molecule has 0 atom stereocenters. The number of benzene rings is 1. The largest absolute Gasteiger partial charge is 0.487 e. The van der Waals surface area contributed by atoms with Crippen LogP contribution < -0.4 is 4.74 Å². The minimum absolute atomic E-state index is 0.441. The van der Waals surface area contributed by atoms with Crippen molar-refractivity contribution in [1.29, 1.82) is 0 Å². The SMILES string of the molecule is Clc1ccc(OCc2cnn(-c3ccccc3)c2)cn1. The summed E-state index contributed by atoms with van der Waals surface area (Å²) >= 11 is 5.72. The van der Waals surface area contributed by atoms with Crippen LogP contribution >= 0.6 is 11.6 Å². The number of aromatic nitrogens is 3. The topological polar surface area (TPSA) is 39.9 Å². The Morgan fingerprint density at radius 2 is 1.90 bits per heavy atom. The molecule has 0 N–H and O–H groups in total. The molecule has 0 spiro atoms. The van der Waals surface area contributed by atoms with Crippen LogP contribution in [0.25, 0.3) is 5.69 Å². The summed E-state index contributed by atoms with van der Waals surface area (Å²) in [5.74, 6) is 0.682. The Kier molecular flexibility index (Phi) is 3.65. The van der Waals surface area contributed by atoms with Gasteiger partial charge in [0.1, 0.15) is 17.5 Å². The van der Waals surface area contributed by atoms with E-state index in [4.69, 9.17) is 16.3 Å². The Morgan fingerprint density at radius 3 is 2.65 bits per heavy atom. The van der Waals surface area contributed by atoms with Crippen LogP contribution in [0.2, 0.25) is 5.15 Å². The monoisotopic (exact) mass is 285 g/mol. The van der Waals surface area contributed by atoms with Gasteiger partial charge >= 0.3 is 0 Å². The van der Waals surface area contributed by atoms with E-state index in [0.29, 0.717) is 17.5 Å². The maximum Gasteiger partial charge on any atom is 0.138 e. The zero-order chi connectivity index (χ0) is 13.8. The van der Waals surface area contributed by atoms with Crippen molar-refractivity contribution in [2.45, 2.75) is 6.61 Å². The van der Waals surface area contributed by atoms with Gasteiger partial charge in [0.05, 0.1) is 18.1 Å². The van der Waals surface area contributed by atoms with E-state index in [2.05, 4.69) is 10.1 Å². The minimum atomic E-state index is 0.441. The van der Waals surface area contributed by atoms with E-state index < -0.39 is 0 Å². The van der Waals surface area contributed by atoms with E-state index in [1.54, 1.807) is 24.5 Å². The highest BCUT2D eigenvalue weighted by atomic mass is 35.5. The van der Waals surface area contributed by atoms with Crippen LogP contribution in [-0.4, -0.2) is 14.8 Å². The summed E-state index contributed by atoms with van der Waals surface area (Å²) < 4.78 is 7.44. The van der Waals surface area contributed by atoms with Crippen molar-refractivity contribution >= 4 is 11.6 Å². The molecular weight excluding hydrogens is 274 g/mol. The summed E-state index contributed by atoms with van der Waals surface area (Å²) in [5.41, 5.74) is 2.01. The molecule has 5 heteroatoms. The third-order valence-electron chi connectivity index (χ3n) is 2.76. The lowest BCUT2D eigenvalue weighted by molar-refractivity contribution is 0.305. The maximum absolute atomic E-state index is 5.72. The second kappa shape index (κ2) is 5.75. The van der Waals surface area contributed by atoms with Crippen molar-refractivity contribution in [3.8, 4) is 11.4 Å². The molecule has 0 saturated heterocycles. The van der Waals surface area contributed by atoms with Crippen molar-refractivity contribution < 1.29 is 4.74 Å². The molecule has 1 aromatic carbocycles. The fourth-order valence-electron chi connectivity index (χ4n) is 1.77. The molecule has 0 amide bonds. The predicted molar refractivity (Wildman–Crippen MR) is 77.1 cm³/mol. The Labute approximate surface area is 121 Å². The smallest absolute Gasteiger partial charge is 0.138 e. The van der Waals surface area contributed by atoms with E-state index in [1.165, 1.54) is 0 Å². The molecule has 3 rings (SSSR count). The number of ether oxygens (including phenoxy) is 1. The summed E-state index contributed by atoms with van der Waals surface area (Å²) in [5, 5.41) is 4.77. The van der Waals surface area contributed by atoms with E-state index in [0.717, 1.165) is 11.3 Å². The van der Waals surface area contributed by atoms with Crippen molar-refractivity contribution in [3.05, 3.63) is 71.8 Å². The van der Waals surface area contributed by atoms with E-state index >= 15 is 0 Å². The van der Waals surface area contributed by atoms with E-state index in [9.17, 15) is 0 Å². The molecule has 0 aliphatic rings. The van der Waals surface area contributed by atoms with Gasteiger partial charge in [0.15, 0.2) is 0 Å². The molecule has 0 aliphatic heterocycles. The van der Waals surface area contributed by atoms with Crippen molar-refractivity contribution in [1.82, 2.24) is 14.8 Å². The molecule has 0 fully saturated rings. The van der Waals surface area contributed by atoms with Crippen LogP contribution in [0, 0.1) is 0 Å². The average molecular weight is 286 g/mol. The highest BCUT2D eigenvalue weighted by Gasteiger charge is 2.02. The van der Waals surface area contributed by atoms with E-state index in [-0.39, 0.29) is 0 Å². The quantitative estimate of drug-likeness (QED) is 0.689. The maximum atomic E-state index is 5.72. The Bertz CT molecular complexity index is 680. The van der Waals surface area contributed by atoms with Crippen LogP contribution in [0.1, 0.15) is 5.56 Å². The van der Waals surface area contributed by atoms with Gasteiger partial charge in [0.25, 0.3) is 0 Å². The van der Waals surface area contributed by atoms with Gasteiger partial charge < -0.3 is 4.74 Å². The molecule has 2 aromatic heterocycles. The predicted octanol–water partition coefficient (Wildman–Crippen LogP) is 3.50. The average Bonchev–Trinajstić information content (AvgIpc) is 2.97. The fraction of sp³-hybridized carbons (Fsp3) is 0.0667. The van der Waals surface area contributed by atoms with Crippen LogP contribution in [0.5, 0.6) is 5.75 Å². The van der Waals surface area contributed by atoms with Gasteiger partial charge in [-0.1, -0.05) is 29.8 Å². The standard InChI is InChI=1S/C15H12ClN3O/c16-15-7-6-14(9-17-15)20-11-12-8-18-19(10-12)13-4-2-1-3-5-13/h1-10H,11H2. The minimum Gasteiger partial charge on any atom is -0.487 e. The van der Waals surface area contributed by atoms with Gasteiger partial charge in [-0.25, -0.2) is 9.67 Å².